The summed E-state index contributed by atoms with van der Waals surface area (Å²) in [6.07, 6.45) is -2.50. The molecule has 0 radical (unpaired) electrons. The molecule has 0 heterocycles. The number of nitrogens with zero attached hydrogens (tertiary/aromatic N) is 1. The van der Waals surface area contributed by atoms with Gasteiger partial charge >= 0.3 is 37.7 Å². The molecular formula is C6H17CaNO3. The molecule has 0 saturated heterocycles. The van der Waals surface area contributed by atoms with Crippen LogP contribution < -0.4 is 0 Å². The summed E-state index contributed by atoms with van der Waals surface area (Å²) in [7, 11) is 0. The van der Waals surface area contributed by atoms with Crippen molar-refractivity contribution in [3.8, 4) is 0 Å². The molecule has 0 aliphatic rings. The fraction of sp³-hybridized carbons (Fsp3) is 1.00. The molecule has 3 unspecified atom stereocenters. The van der Waals surface area contributed by atoms with E-state index >= 15 is 0 Å². The Morgan fingerprint density at radius 1 is 0.909 bits per heavy atom. The second-order valence-electron chi connectivity index (χ2n) is 2.34. The fourth-order valence-electron chi connectivity index (χ4n) is 0.937. The van der Waals surface area contributed by atoms with E-state index in [0.29, 0.717) is 0 Å². The van der Waals surface area contributed by atoms with Gasteiger partial charge < -0.3 is 18.2 Å². The molecule has 0 aromatic carbocycles. The molecular weight excluding hydrogens is 174 g/mol. The summed E-state index contributed by atoms with van der Waals surface area (Å²) in [5.74, 6) is 0. The summed E-state index contributed by atoms with van der Waals surface area (Å²) < 4.78 is 0. The van der Waals surface area contributed by atoms with Gasteiger partial charge in [-0.05, 0) is 20.8 Å². The maximum Gasteiger partial charge on any atom is 2.00 e. The number of rotatable bonds is 3. The van der Waals surface area contributed by atoms with Crippen molar-refractivity contribution in [2.24, 2.45) is 0 Å². The van der Waals surface area contributed by atoms with Crippen LogP contribution in [0.5, 0.6) is 0 Å². The topological polar surface area (TPSA) is 63.9 Å². The minimum atomic E-state index is -0.833. The van der Waals surface area contributed by atoms with Crippen LogP contribution in [0.3, 0.4) is 0 Å². The van der Waals surface area contributed by atoms with Gasteiger partial charge in [0.1, 0.15) is 18.7 Å². The molecule has 4 nitrogen and oxygen atoms in total. The van der Waals surface area contributed by atoms with Gasteiger partial charge in [-0.1, -0.05) is 0 Å². The van der Waals surface area contributed by atoms with Crippen LogP contribution in [0.25, 0.3) is 0 Å². The molecule has 0 spiro atoms. The van der Waals surface area contributed by atoms with Crippen LogP contribution >= 0.6 is 0 Å². The van der Waals surface area contributed by atoms with Crippen molar-refractivity contribution < 1.29 is 18.2 Å². The molecule has 0 bridgehead atoms. The molecule has 66 valence electrons. The van der Waals surface area contributed by atoms with Crippen molar-refractivity contribution in [1.82, 2.24) is 4.90 Å². The van der Waals surface area contributed by atoms with E-state index in [2.05, 4.69) is 0 Å². The zero-order valence-electron chi connectivity index (χ0n) is 9.23. The normalized spacial score (nSPS) is 18.8. The molecule has 0 aliphatic heterocycles. The van der Waals surface area contributed by atoms with E-state index in [0.717, 1.165) is 0 Å². The maximum absolute atomic E-state index is 8.96. The minimum absolute atomic E-state index is 0. The number of aliphatic hydroxyl groups is 3. The van der Waals surface area contributed by atoms with Gasteiger partial charge in [-0.15, -0.1) is 0 Å². The summed E-state index contributed by atoms with van der Waals surface area (Å²) in [6.45, 7) is 4.46. The zero-order valence-corrected chi connectivity index (χ0v) is 9.44. The van der Waals surface area contributed by atoms with Gasteiger partial charge in [0.15, 0.2) is 0 Å². The molecule has 0 aromatic heterocycles. The fourth-order valence-corrected chi connectivity index (χ4v) is 0.937. The van der Waals surface area contributed by atoms with Gasteiger partial charge in [0.05, 0.1) is 0 Å². The quantitative estimate of drug-likeness (QED) is 0.401. The van der Waals surface area contributed by atoms with Crippen molar-refractivity contribution in [2.45, 2.75) is 39.5 Å². The van der Waals surface area contributed by atoms with Gasteiger partial charge in [-0.3, -0.25) is 0 Å². The third-order valence-corrected chi connectivity index (χ3v) is 1.29. The zero-order chi connectivity index (χ0) is 8.31. The summed E-state index contributed by atoms with van der Waals surface area (Å²) in [4.78, 5) is 1.17. The van der Waals surface area contributed by atoms with Crippen LogP contribution in [0.2, 0.25) is 0 Å². The maximum atomic E-state index is 8.96. The smallest absolute Gasteiger partial charge is 1.00 e. The van der Waals surface area contributed by atoms with Crippen LogP contribution in [0.1, 0.15) is 23.6 Å². The van der Waals surface area contributed by atoms with E-state index in [1.807, 2.05) is 0 Å². The van der Waals surface area contributed by atoms with Crippen LogP contribution in [0, 0.1) is 0 Å². The summed E-state index contributed by atoms with van der Waals surface area (Å²) in [6, 6.07) is 0. The first-order valence-corrected chi connectivity index (χ1v) is 3.28. The standard InChI is InChI=1S/C6H15NO3.Ca.2H/c1-4(8)7(5(2)9)6(3)10;;;/h4-6,8-10H,1-3H3;;;/q;+2;2*-1. The van der Waals surface area contributed by atoms with Crippen molar-refractivity contribution in [1.29, 1.82) is 0 Å². The number of hydrogen-bond acceptors (Lipinski definition) is 4. The predicted molar refractivity (Wildman–Crippen MR) is 44.9 cm³/mol. The average Bonchev–Trinajstić information content (AvgIpc) is 1.59. The molecule has 0 saturated carbocycles. The van der Waals surface area contributed by atoms with E-state index in [-0.39, 0.29) is 40.6 Å². The Labute approximate surface area is 99.8 Å². The van der Waals surface area contributed by atoms with Crippen molar-refractivity contribution in [2.75, 3.05) is 0 Å². The van der Waals surface area contributed by atoms with E-state index in [9.17, 15) is 0 Å². The first-order chi connectivity index (χ1) is 4.46. The largest absolute Gasteiger partial charge is 2.00 e. The van der Waals surface area contributed by atoms with Gasteiger partial charge in [-0.2, -0.15) is 0 Å². The van der Waals surface area contributed by atoms with Crippen molar-refractivity contribution in [3.05, 3.63) is 0 Å². The summed E-state index contributed by atoms with van der Waals surface area (Å²) in [5, 5.41) is 26.9. The van der Waals surface area contributed by atoms with Crippen molar-refractivity contribution >= 4 is 37.7 Å². The van der Waals surface area contributed by atoms with Crippen LogP contribution in [-0.4, -0.2) is 76.6 Å². The molecule has 3 atom stereocenters. The van der Waals surface area contributed by atoms with Gasteiger partial charge in [0.2, 0.25) is 0 Å². The molecule has 11 heavy (non-hydrogen) atoms. The van der Waals surface area contributed by atoms with E-state index < -0.39 is 18.7 Å². The van der Waals surface area contributed by atoms with Gasteiger partial charge in [0, 0.05) is 0 Å². The minimum Gasteiger partial charge on any atom is -1.00 e. The Hall–Kier alpha value is 1.10. The molecule has 0 aromatic rings. The Morgan fingerprint density at radius 2 is 1.09 bits per heavy atom. The Bertz CT molecular complexity index is 86.9. The summed E-state index contributed by atoms with van der Waals surface area (Å²) >= 11 is 0. The molecule has 5 heteroatoms. The second-order valence-corrected chi connectivity index (χ2v) is 2.34. The van der Waals surface area contributed by atoms with Crippen LogP contribution in [0.15, 0.2) is 0 Å². The molecule has 3 N–H and O–H groups in total. The molecule has 0 aliphatic carbocycles. The third-order valence-electron chi connectivity index (χ3n) is 1.29. The van der Waals surface area contributed by atoms with Crippen LogP contribution in [0.4, 0.5) is 0 Å². The number of aliphatic hydroxyl groups excluding tert-OH is 3. The average molecular weight is 191 g/mol. The first-order valence-electron chi connectivity index (χ1n) is 3.28. The van der Waals surface area contributed by atoms with Crippen LogP contribution in [-0.2, 0) is 0 Å². The summed E-state index contributed by atoms with van der Waals surface area (Å²) in [5.41, 5.74) is 0. The molecule has 0 amide bonds. The Balaban J connectivity index is -0.000000135. The Kier molecular flexibility index (Phi) is 8.77. The second kappa shape index (κ2) is 6.60. The van der Waals surface area contributed by atoms with Gasteiger partial charge in [-0.25, -0.2) is 4.90 Å². The molecule has 0 fully saturated rings. The Morgan fingerprint density at radius 3 is 1.09 bits per heavy atom. The predicted octanol–water partition coefficient (Wildman–Crippen LogP) is -0.853. The first kappa shape index (κ1) is 14.6. The van der Waals surface area contributed by atoms with E-state index in [4.69, 9.17) is 15.3 Å². The monoisotopic (exact) mass is 191 g/mol. The van der Waals surface area contributed by atoms with Gasteiger partial charge in [0.25, 0.3) is 0 Å². The van der Waals surface area contributed by atoms with E-state index in [1.165, 1.54) is 25.7 Å². The SMILES string of the molecule is CC(O)N(C(C)O)C(C)O.[Ca+2].[H-].[H-]. The van der Waals surface area contributed by atoms with E-state index in [1.54, 1.807) is 0 Å². The molecule has 0 rings (SSSR count). The third kappa shape index (κ3) is 5.36. The van der Waals surface area contributed by atoms with Crippen molar-refractivity contribution in [3.63, 3.8) is 0 Å². The number of hydrogen-bond donors (Lipinski definition) is 3.